The van der Waals surface area contributed by atoms with E-state index in [-0.39, 0.29) is 44.5 Å². The zero-order valence-corrected chi connectivity index (χ0v) is 18.7. The first-order valence-corrected chi connectivity index (χ1v) is 10.7. The molecule has 0 saturated carbocycles. The minimum atomic E-state index is -0.703. The first kappa shape index (κ1) is 23.9. The molecule has 8 nitrogen and oxygen atoms in total. The fourth-order valence-corrected chi connectivity index (χ4v) is 3.30. The first-order chi connectivity index (χ1) is 16.0. The number of benzene rings is 2. The van der Waals surface area contributed by atoms with Gasteiger partial charge in [0, 0.05) is 18.1 Å². The highest BCUT2D eigenvalue weighted by atomic mass is 16.6. The summed E-state index contributed by atoms with van der Waals surface area (Å²) in [5.41, 5.74) is 1.73. The molecule has 1 aromatic heterocycles. The zero-order valence-electron chi connectivity index (χ0n) is 18.7. The normalized spacial score (nSPS) is 10.6. The Morgan fingerprint density at radius 3 is 2.12 bits per heavy atom. The molecule has 2 aromatic carbocycles. The van der Waals surface area contributed by atoms with Crippen LogP contribution in [0.25, 0.3) is 22.4 Å². The maximum Gasteiger partial charge on any atom is 0.344 e. The summed E-state index contributed by atoms with van der Waals surface area (Å²) in [5.74, 6) is -1.09. The van der Waals surface area contributed by atoms with Crippen LogP contribution in [0.3, 0.4) is 0 Å². The monoisotopic (exact) mass is 450 g/mol. The van der Waals surface area contributed by atoms with E-state index in [1.165, 1.54) is 11.6 Å². The van der Waals surface area contributed by atoms with E-state index in [1.54, 1.807) is 6.92 Å². The van der Waals surface area contributed by atoms with Crippen molar-refractivity contribution in [2.75, 3.05) is 26.4 Å². The minimum absolute atomic E-state index is 0.0724. The van der Waals surface area contributed by atoms with Crippen LogP contribution in [-0.4, -0.2) is 48.1 Å². The average molecular weight is 450 g/mol. The van der Waals surface area contributed by atoms with Crippen molar-refractivity contribution in [3.8, 4) is 22.4 Å². The summed E-state index contributed by atoms with van der Waals surface area (Å²) < 4.78 is 16.7. The molecule has 0 aliphatic rings. The largest absolute Gasteiger partial charge is 0.463 e. The van der Waals surface area contributed by atoms with Crippen molar-refractivity contribution in [1.29, 1.82) is 0 Å². The number of carbonyl (C=O) groups excluding carboxylic acids is 2. The smallest absolute Gasteiger partial charge is 0.344 e. The van der Waals surface area contributed by atoms with Gasteiger partial charge in [-0.15, -0.1) is 0 Å². The Hall–Kier alpha value is -3.78. The number of rotatable bonds is 10. The molecule has 3 rings (SSSR count). The van der Waals surface area contributed by atoms with Crippen LogP contribution in [0.2, 0.25) is 0 Å². The molecule has 33 heavy (non-hydrogen) atoms. The van der Waals surface area contributed by atoms with Gasteiger partial charge in [-0.05, 0) is 12.5 Å². The fourth-order valence-electron chi connectivity index (χ4n) is 3.30. The third-order valence-electron chi connectivity index (χ3n) is 4.73. The molecule has 0 aliphatic carbocycles. The molecule has 0 spiro atoms. The van der Waals surface area contributed by atoms with E-state index in [2.05, 4.69) is 5.10 Å². The molecule has 8 heteroatoms. The number of nitrogens with zero attached hydrogens (tertiary/aromatic N) is 2. The topological polar surface area (TPSA) is 96.7 Å². The number of carbonyl (C=O) groups is 2. The second-order valence-electron chi connectivity index (χ2n) is 7.03. The van der Waals surface area contributed by atoms with E-state index in [9.17, 15) is 14.4 Å². The van der Waals surface area contributed by atoms with E-state index in [4.69, 9.17) is 14.2 Å². The SMILES string of the molecule is CCOC(=O)c1c(-c2ccccc2)c(-c2ccccc2)nn(CCOCCOC(C)=O)c1=O. The molecule has 172 valence electrons. The van der Waals surface area contributed by atoms with Crippen molar-refractivity contribution < 1.29 is 23.8 Å². The Bertz CT molecular complexity index is 1140. The summed E-state index contributed by atoms with van der Waals surface area (Å²) in [6.45, 7) is 3.71. The van der Waals surface area contributed by atoms with Gasteiger partial charge in [0.25, 0.3) is 5.56 Å². The average Bonchev–Trinajstić information content (AvgIpc) is 2.82. The van der Waals surface area contributed by atoms with Crippen molar-refractivity contribution in [2.45, 2.75) is 20.4 Å². The third kappa shape index (κ3) is 6.14. The molecule has 3 aromatic rings. The van der Waals surface area contributed by atoms with E-state index in [0.717, 1.165) is 5.56 Å². The standard InChI is InChI=1S/C25H26N2O6/c1-3-32-25(30)22-21(19-10-6-4-7-11-19)23(20-12-8-5-9-13-20)26-27(24(22)29)14-15-31-16-17-33-18(2)28/h4-13H,3,14-17H2,1-2H3. The van der Waals surface area contributed by atoms with Crippen LogP contribution in [0.1, 0.15) is 24.2 Å². The predicted molar refractivity (Wildman–Crippen MR) is 123 cm³/mol. The minimum Gasteiger partial charge on any atom is -0.463 e. The summed E-state index contributed by atoms with van der Waals surface area (Å²) in [6.07, 6.45) is 0. The lowest BCUT2D eigenvalue weighted by Gasteiger charge is -2.17. The van der Waals surface area contributed by atoms with Gasteiger partial charge in [-0.3, -0.25) is 9.59 Å². The lowest BCUT2D eigenvalue weighted by atomic mass is 9.95. The van der Waals surface area contributed by atoms with Crippen LogP contribution in [0.4, 0.5) is 0 Å². The van der Waals surface area contributed by atoms with Crippen LogP contribution in [0, 0.1) is 0 Å². The number of esters is 2. The Kier molecular flexibility index (Phi) is 8.49. The molecular weight excluding hydrogens is 424 g/mol. The van der Waals surface area contributed by atoms with Gasteiger partial charge in [-0.25, -0.2) is 9.48 Å². The molecule has 0 N–H and O–H groups in total. The Labute approximate surface area is 191 Å². The van der Waals surface area contributed by atoms with Crippen molar-refractivity contribution in [2.24, 2.45) is 0 Å². The highest BCUT2D eigenvalue weighted by molar-refractivity contribution is 6.00. The highest BCUT2D eigenvalue weighted by Gasteiger charge is 2.26. The van der Waals surface area contributed by atoms with Gasteiger partial charge in [-0.1, -0.05) is 60.7 Å². The summed E-state index contributed by atoms with van der Waals surface area (Å²) in [5, 5.41) is 4.60. The summed E-state index contributed by atoms with van der Waals surface area (Å²) in [7, 11) is 0. The summed E-state index contributed by atoms with van der Waals surface area (Å²) in [4.78, 5) is 37.1. The maximum absolute atomic E-state index is 13.3. The van der Waals surface area contributed by atoms with Gasteiger partial charge < -0.3 is 14.2 Å². The highest BCUT2D eigenvalue weighted by Crippen LogP contribution is 2.32. The van der Waals surface area contributed by atoms with E-state index >= 15 is 0 Å². The molecule has 0 fully saturated rings. The number of ether oxygens (including phenoxy) is 3. The van der Waals surface area contributed by atoms with Crippen LogP contribution < -0.4 is 5.56 Å². The molecule has 1 heterocycles. The van der Waals surface area contributed by atoms with Crippen molar-refractivity contribution in [3.63, 3.8) is 0 Å². The van der Waals surface area contributed by atoms with Crippen LogP contribution >= 0.6 is 0 Å². The van der Waals surface area contributed by atoms with Crippen LogP contribution in [0.15, 0.2) is 65.5 Å². The summed E-state index contributed by atoms with van der Waals surface area (Å²) >= 11 is 0. The van der Waals surface area contributed by atoms with Crippen LogP contribution in [-0.2, 0) is 25.5 Å². The van der Waals surface area contributed by atoms with E-state index < -0.39 is 11.5 Å². The molecular formula is C25H26N2O6. The van der Waals surface area contributed by atoms with Gasteiger partial charge in [-0.2, -0.15) is 5.10 Å². The third-order valence-corrected chi connectivity index (χ3v) is 4.73. The summed E-state index contributed by atoms with van der Waals surface area (Å²) in [6, 6.07) is 18.5. The lowest BCUT2D eigenvalue weighted by Crippen LogP contribution is -2.32. The molecule has 0 bridgehead atoms. The Morgan fingerprint density at radius 2 is 1.52 bits per heavy atom. The van der Waals surface area contributed by atoms with E-state index in [1.807, 2.05) is 60.7 Å². The van der Waals surface area contributed by atoms with Gasteiger partial charge >= 0.3 is 11.9 Å². The van der Waals surface area contributed by atoms with Crippen molar-refractivity contribution >= 4 is 11.9 Å². The van der Waals surface area contributed by atoms with Crippen molar-refractivity contribution in [1.82, 2.24) is 9.78 Å². The van der Waals surface area contributed by atoms with Gasteiger partial charge in [0.15, 0.2) is 0 Å². The number of hydrogen-bond acceptors (Lipinski definition) is 7. The number of aromatic nitrogens is 2. The molecule has 0 saturated heterocycles. The van der Waals surface area contributed by atoms with Crippen molar-refractivity contribution in [3.05, 3.63) is 76.6 Å². The second-order valence-corrected chi connectivity index (χ2v) is 7.03. The Morgan fingerprint density at radius 1 is 0.879 bits per heavy atom. The fraction of sp³-hybridized carbons (Fsp3) is 0.280. The molecule has 0 unspecified atom stereocenters. The van der Waals surface area contributed by atoms with Gasteiger partial charge in [0.1, 0.15) is 12.2 Å². The van der Waals surface area contributed by atoms with Gasteiger partial charge in [0.2, 0.25) is 0 Å². The first-order valence-electron chi connectivity index (χ1n) is 10.7. The van der Waals surface area contributed by atoms with Gasteiger partial charge in [0.05, 0.1) is 32.1 Å². The quantitative estimate of drug-likeness (QED) is 0.345. The predicted octanol–water partition coefficient (Wildman–Crippen LogP) is 3.33. The lowest BCUT2D eigenvalue weighted by molar-refractivity contribution is -0.142. The van der Waals surface area contributed by atoms with Crippen LogP contribution in [0.5, 0.6) is 0 Å². The molecule has 0 aliphatic heterocycles. The molecule has 0 atom stereocenters. The number of hydrogen-bond donors (Lipinski definition) is 0. The second kappa shape index (κ2) is 11.7. The zero-order chi connectivity index (χ0) is 23.6. The Balaban J connectivity index is 2.07. The maximum atomic E-state index is 13.3. The van der Waals surface area contributed by atoms with E-state index in [0.29, 0.717) is 16.8 Å². The molecule has 0 radical (unpaired) electrons. The molecule has 0 amide bonds.